The Kier molecular flexibility index (Phi) is 3.85. The maximum atomic E-state index is 8.86. The monoisotopic (exact) mass is 278 g/mol. The number of nitrogens with zero attached hydrogens (tertiary/aromatic N) is 2. The molecule has 1 aromatic heterocycles. The molecule has 0 atom stereocenters. The van der Waals surface area contributed by atoms with Crippen LogP contribution in [0.1, 0.15) is 21.1 Å². The molecule has 92 valence electrons. The van der Waals surface area contributed by atoms with Crippen molar-refractivity contribution in [2.45, 2.75) is 20.5 Å². The molecular weight excluding hydrogens is 268 g/mol. The van der Waals surface area contributed by atoms with E-state index in [4.69, 9.17) is 21.6 Å². The molecule has 0 radical (unpaired) electrons. The van der Waals surface area contributed by atoms with E-state index in [-0.39, 0.29) is 0 Å². The van der Waals surface area contributed by atoms with Gasteiger partial charge in [0.05, 0.1) is 5.69 Å². The fraction of sp³-hybridized carbons (Fsp3) is 0.231. The first-order valence-electron chi connectivity index (χ1n) is 5.35. The Balaban J connectivity index is 2.09. The summed E-state index contributed by atoms with van der Waals surface area (Å²) in [4.78, 5) is 4.93. The fourth-order valence-electron chi connectivity index (χ4n) is 1.53. The van der Waals surface area contributed by atoms with E-state index in [1.807, 2.05) is 26.0 Å². The van der Waals surface area contributed by atoms with E-state index in [0.29, 0.717) is 16.5 Å². The van der Waals surface area contributed by atoms with Gasteiger partial charge in [-0.15, -0.1) is 11.3 Å². The lowest BCUT2D eigenvalue weighted by molar-refractivity contribution is 0.303. The smallest absolute Gasteiger partial charge is 0.140 e. The van der Waals surface area contributed by atoms with Gasteiger partial charge < -0.3 is 4.74 Å². The predicted molar refractivity (Wildman–Crippen MR) is 72.1 cm³/mol. The van der Waals surface area contributed by atoms with Crippen molar-refractivity contribution < 1.29 is 4.74 Å². The highest BCUT2D eigenvalue weighted by atomic mass is 35.5. The molecule has 0 aliphatic heterocycles. The molecule has 1 aromatic carbocycles. The average molecular weight is 279 g/mol. The first kappa shape index (κ1) is 12.9. The maximum Gasteiger partial charge on any atom is 0.140 e. The molecule has 1 heterocycles. The predicted octanol–water partition coefficient (Wildman–Crippen LogP) is 3.86. The molecule has 2 aromatic rings. The number of ether oxygens (including phenoxy) is 1. The lowest BCUT2D eigenvalue weighted by atomic mass is 10.2. The number of rotatable bonds is 3. The molecule has 0 aliphatic carbocycles. The molecule has 0 saturated carbocycles. The van der Waals surface area contributed by atoms with Crippen molar-refractivity contribution >= 4 is 22.9 Å². The van der Waals surface area contributed by atoms with E-state index in [1.165, 1.54) is 11.3 Å². The van der Waals surface area contributed by atoms with E-state index in [9.17, 15) is 0 Å². The summed E-state index contributed by atoms with van der Waals surface area (Å²) in [5.74, 6) is 0.783. The number of hydrogen-bond acceptors (Lipinski definition) is 4. The summed E-state index contributed by atoms with van der Waals surface area (Å²) in [5.41, 5.74) is 1.74. The van der Waals surface area contributed by atoms with Gasteiger partial charge in [-0.1, -0.05) is 11.6 Å². The van der Waals surface area contributed by atoms with Crippen LogP contribution in [0.15, 0.2) is 18.2 Å². The van der Waals surface area contributed by atoms with Gasteiger partial charge in [0.25, 0.3) is 0 Å². The number of aryl methyl sites for hydroxylation is 2. The van der Waals surface area contributed by atoms with E-state index < -0.39 is 0 Å². The first-order valence-corrected chi connectivity index (χ1v) is 6.55. The van der Waals surface area contributed by atoms with Crippen molar-refractivity contribution in [3.8, 4) is 11.8 Å². The second-order valence-electron chi connectivity index (χ2n) is 3.83. The largest absolute Gasteiger partial charge is 0.486 e. The summed E-state index contributed by atoms with van der Waals surface area (Å²) in [6.45, 7) is 4.14. The minimum absolute atomic E-state index is 0.371. The van der Waals surface area contributed by atoms with Gasteiger partial charge in [-0.2, -0.15) is 5.26 Å². The van der Waals surface area contributed by atoms with Crippen LogP contribution in [-0.4, -0.2) is 4.98 Å². The SMILES string of the molecule is Cc1cc(Cl)ccc1OCc1nc(C)c(C#N)s1. The lowest BCUT2D eigenvalue weighted by Gasteiger charge is -2.07. The van der Waals surface area contributed by atoms with E-state index in [0.717, 1.165) is 22.0 Å². The molecule has 0 saturated heterocycles. The summed E-state index contributed by atoms with van der Waals surface area (Å²) in [6.07, 6.45) is 0. The first-order chi connectivity index (χ1) is 8.60. The van der Waals surface area contributed by atoms with Gasteiger partial charge in [0.15, 0.2) is 0 Å². The third-order valence-corrected chi connectivity index (χ3v) is 3.70. The summed E-state index contributed by atoms with van der Waals surface area (Å²) >= 11 is 7.24. The zero-order valence-electron chi connectivity index (χ0n) is 10.0. The van der Waals surface area contributed by atoms with Gasteiger partial charge in [0.1, 0.15) is 28.3 Å². The Bertz CT molecular complexity index is 616. The van der Waals surface area contributed by atoms with Crippen molar-refractivity contribution in [2.75, 3.05) is 0 Å². The summed E-state index contributed by atoms with van der Waals surface area (Å²) < 4.78 is 5.67. The highest BCUT2D eigenvalue weighted by Crippen LogP contribution is 2.24. The third kappa shape index (κ3) is 2.81. The van der Waals surface area contributed by atoms with Crippen LogP contribution in [0.25, 0.3) is 0 Å². The minimum atomic E-state index is 0.371. The van der Waals surface area contributed by atoms with Crippen molar-refractivity contribution in [1.82, 2.24) is 4.98 Å². The highest BCUT2D eigenvalue weighted by Gasteiger charge is 2.08. The molecule has 3 nitrogen and oxygen atoms in total. The summed E-state index contributed by atoms with van der Waals surface area (Å²) in [7, 11) is 0. The molecule has 0 spiro atoms. The molecule has 0 aliphatic rings. The van der Waals surface area contributed by atoms with Crippen LogP contribution < -0.4 is 4.74 Å². The quantitative estimate of drug-likeness (QED) is 0.856. The maximum absolute atomic E-state index is 8.86. The van der Waals surface area contributed by atoms with Crippen LogP contribution in [0.5, 0.6) is 5.75 Å². The van der Waals surface area contributed by atoms with Crippen molar-refractivity contribution in [3.63, 3.8) is 0 Å². The Morgan fingerprint density at radius 2 is 2.22 bits per heavy atom. The summed E-state index contributed by atoms with van der Waals surface area (Å²) in [5, 5.41) is 10.4. The molecule has 0 fully saturated rings. The fourth-order valence-corrected chi connectivity index (χ4v) is 2.53. The Hall–Kier alpha value is -1.57. The number of aromatic nitrogens is 1. The second kappa shape index (κ2) is 5.38. The van der Waals surface area contributed by atoms with E-state index in [2.05, 4.69) is 11.1 Å². The van der Waals surface area contributed by atoms with Crippen LogP contribution in [0.4, 0.5) is 0 Å². The van der Waals surface area contributed by atoms with Crippen LogP contribution in [-0.2, 0) is 6.61 Å². The van der Waals surface area contributed by atoms with Gasteiger partial charge in [-0.3, -0.25) is 0 Å². The molecular formula is C13H11ClN2OS. The molecule has 0 amide bonds. The molecule has 0 unspecified atom stereocenters. The van der Waals surface area contributed by atoms with Crippen LogP contribution in [0.3, 0.4) is 0 Å². The Morgan fingerprint density at radius 1 is 1.44 bits per heavy atom. The van der Waals surface area contributed by atoms with E-state index >= 15 is 0 Å². The van der Waals surface area contributed by atoms with Gasteiger partial charge in [-0.25, -0.2) is 4.98 Å². The van der Waals surface area contributed by atoms with Crippen molar-refractivity contribution in [2.24, 2.45) is 0 Å². The minimum Gasteiger partial charge on any atom is -0.486 e. The normalized spacial score (nSPS) is 10.1. The standard InChI is InChI=1S/C13H11ClN2OS/c1-8-5-10(14)3-4-11(8)17-7-13-16-9(2)12(6-15)18-13/h3-5H,7H2,1-2H3. The number of hydrogen-bond donors (Lipinski definition) is 0. The molecule has 0 N–H and O–H groups in total. The highest BCUT2D eigenvalue weighted by molar-refractivity contribution is 7.12. The van der Waals surface area contributed by atoms with Crippen molar-refractivity contribution in [1.29, 1.82) is 5.26 Å². The molecule has 18 heavy (non-hydrogen) atoms. The zero-order valence-corrected chi connectivity index (χ0v) is 11.6. The molecule has 5 heteroatoms. The second-order valence-corrected chi connectivity index (χ2v) is 5.35. The van der Waals surface area contributed by atoms with Gasteiger partial charge in [0, 0.05) is 5.02 Å². The topological polar surface area (TPSA) is 45.9 Å². The molecule has 0 bridgehead atoms. The Morgan fingerprint density at radius 3 is 2.83 bits per heavy atom. The van der Waals surface area contributed by atoms with Gasteiger partial charge in [-0.05, 0) is 37.6 Å². The Labute approximate surface area is 115 Å². The number of halogens is 1. The van der Waals surface area contributed by atoms with Crippen LogP contribution >= 0.6 is 22.9 Å². The number of nitriles is 1. The average Bonchev–Trinajstić information content (AvgIpc) is 2.69. The zero-order chi connectivity index (χ0) is 13.1. The van der Waals surface area contributed by atoms with Crippen LogP contribution in [0, 0.1) is 25.2 Å². The molecule has 2 rings (SSSR count). The van der Waals surface area contributed by atoms with E-state index in [1.54, 1.807) is 6.07 Å². The number of benzene rings is 1. The van der Waals surface area contributed by atoms with Gasteiger partial charge >= 0.3 is 0 Å². The number of thiazole rings is 1. The van der Waals surface area contributed by atoms with Crippen LogP contribution in [0.2, 0.25) is 5.02 Å². The lowest BCUT2D eigenvalue weighted by Crippen LogP contribution is -1.96. The third-order valence-electron chi connectivity index (χ3n) is 2.43. The summed E-state index contributed by atoms with van der Waals surface area (Å²) in [6, 6.07) is 7.59. The van der Waals surface area contributed by atoms with Gasteiger partial charge in [0.2, 0.25) is 0 Å². The van der Waals surface area contributed by atoms with Crippen molar-refractivity contribution in [3.05, 3.63) is 44.4 Å².